The third-order valence-corrected chi connectivity index (χ3v) is 2.84. The number of carboxylic acid groups (broad SMARTS) is 1. The van der Waals surface area contributed by atoms with Crippen molar-refractivity contribution in [2.24, 2.45) is 0 Å². The summed E-state index contributed by atoms with van der Waals surface area (Å²) >= 11 is 0. The van der Waals surface area contributed by atoms with Gasteiger partial charge in [0, 0.05) is 7.79 Å². The summed E-state index contributed by atoms with van der Waals surface area (Å²) in [5.41, 5.74) is 0. The summed E-state index contributed by atoms with van der Waals surface area (Å²) in [6.07, 6.45) is 10.6. The van der Waals surface area contributed by atoms with Crippen LogP contribution < -0.4 is 5.32 Å². The van der Waals surface area contributed by atoms with Crippen LogP contribution in [0.25, 0.3) is 0 Å². The third-order valence-electron chi connectivity index (χ3n) is 2.84. The molecule has 0 fully saturated rings. The molecule has 4 heteroatoms. The van der Waals surface area contributed by atoms with Gasteiger partial charge in [-0.15, -0.1) is 0 Å². The third kappa shape index (κ3) is 13.0. The summed E-state index contributed by atoms with van der Waals surface area (Å²) in [5.74, 6) is -1.17. The van der Waals surface area contributed by atoms with Gasteiger partial charge in [0.25, 0.3) is 0 Å². The summed E-state index contributed by atoms with van der Waals surface area (Å²) < 4.78 is 7.02. The van der Waals surface area contributed by atoms with Crippen molar-refractivity contribution in [3.8, 4) is 0 Å². The molecule has 0 saturated carbocycles. The van der Waals surface area contributed by atoms with E-state index in [1.54, 1.807) is 0 Å². The van der Waals surface area contributed by atoms with Crippen LogP contribution >= 0.6 is 0 Å². The number of carbonyl (C=O) groups excluding carboxylic acids is 1. The summed E-state index contributed by atoms with van der Waals surface area (Å²) in [4.78, 5) is 21.4. The second-order valence-electron chi connectivity index (χ2n) is 4.60. The monoisotopic (exact) mass is 258 g/mol. The molecule has 0 bridgehead atoms. The van der Waals surface area contributed by atoms with E-state index in [1.807, 2.05) is 0 Å². The topological polar surface area (TPSA) is 66.4 Å². The Kier molecular flexibility index (Phi) is 10.3. The van der Waals surface area contributed by atoms with Crippen LogP contribution in [0.1, 0.15) is 72.5 Å². The molecule has 0 spiro atoms. The van der Waals surface area contributed by atoms with Crippen LogP contribution in [0.2, 0.25) is 0 Å². The first-order valence-corrected chi connectivity index (χ1v) is 6.94. The maximum Gasteiger partial charge on any atom is 0.322 e. The maximum atomic E-state index is 11.2. The fourth-order valence-electron chi connectivity index (χ4n) is 1.79. The lowest BCUT2D eigenvalue weighted by Gasteiger charge is -2.03. The lowest BCUT2D eigenvalue weighted by atomic mass is 10.1. The van der Waals surface area contributed by atoms with Crippen LogP contribution in [0, 0.1) is 0 Å². The molecule has 18 heavy (non-hydrogen) atoms. The first-order chi connectivity index (χ1) is 9.16. The van der Waals surface area contributed by atoms with Crippen molar-refractivity contribution in [3.63, 3.8) is 0 Å². The number of carbonyl (C=O) groups is 2. The van der Waals surface area contributed by atoms with Crippen molar-refractivity contribution >= 4 is 11.9 Å². The number of hydrogen-bond donors (Lipinski definition) is 2. The zero-order valence-electron chi connectivity index (χ0n) is 12.2. The molecule has 0 aromatic rings. The summed E-state index contributed by atoms with van der Waals surface area (Å²) in [5, 5.41) is 10.7. The smallest absolute Gasteiger partial charge is 0.322 e. The molecule has 0 atom stereocenters. The highest BCUT2D eigenvalue weighted by molar-refractivity contribution is 5.80. The number of hydrogen-bond acceptors (Lipinski definition) is 2. The average molecular weight is 258 g/mol. The van der Waals surface area contributed by atoms with E-state index in [4.69, 9.17) is 6.48 Å². The van der Waals surface area contributed by atoms with Crippen LogP contribution in [0.4, 0.5) is 0 Å². The Labute approximate surface area is 112 Å². The van der Waals surface area contributed by atoms with E-state index < -0.39 is 5.97 Å². The molecule has 0 aliphatic carbocycles. The number of rotatable bonds is 12. The lowest BCUT2D eigenvalue weighted by Crippen LogP contribution is -2.28. The second kappa shape index (κ2) is 12.4. The van der Waals surface area contributed by atoms with Crippen LogP contribution in [0.15, 0.2) is 0 Å². The average Bonchev–Trinajstić information content (AvgIpc) is 2.38. The highest BCUT2D eigenvalue weighted by Crippen LogP contribution is 2.10. The first kappa shape index (κ1) is 15.0. The van der Waals surface area contributed by atoms with Gasteiger partial charge in [-0.25, -0.2) is 0 Å². The minimum atomic E-state index is -1.00. The van der Waals surface area contributed by atoms with Crippen molar-refractivity contribution in [1.29, 1.82) is 0 Å². The highest BCUT2D eigenvalue weighted by Gasteiger charge is 2.02. The fraction of sp³-hybridized carbons (Fsp3) is 0.857. The maximum absolute atomic E-state index is 11.2. The molecule has 0 aliphatic heterocycles. The van der Waals surface area contributed by atoms with Gasteiger partial charge >= 0.3 is 5.97 Å². The number of aliphatic carboxylic acids is 1. The lowest BCUT2D eigenvalue weighted by molar-refractivity contribution is -0.137. The van der Waals surface area contributed by atoms with E-state index in [0.29, 0.717) is 13.3 Å². The Morgan fingerprint density at radius 2 is 1.56 bits per heavy atom. The van der Waals surface area contributed by atoms with Crippen LogP contribution in [0.5, 0.6) is 0 Å². The molecule has 4 nitrogen and oxygen atoms in total. The molecule has 0 rings (SSSR count). The Hall–Kier alpha value is -1.06. The predicted octanol–water partition coefficient (Wildman–Crippen LogP) is 3.11. The Morgan fingerprint density at radius 1 is 1.00 bits per heavy atom. The van der Waals surface area contributed by atoms with Gasteiger partial charge in [-0.2, -0.15) is 0 Å². The van der Waals surface area contributed by atoms with Crippen molar-refractivity contribution in [3.05, 3.63) is 0 Å². The van der Waals surface area contributed by atoms with E-state index in [-0.39, 0.29) is 12.5 Å². The molecule has 0 radical (unpaired) electrons. The van der Waals surface area contributed by atoms with E-state index >= 15 is 0 Å². The molecule has 0 aromatic carbocycles. The zero-order valence-corrected chi connectivity index (χ0v) is 11.2. The van der Waals surface area contributed by atoms with E-state index in [2.05, 4.69) is 5.32 Å². The number of unbranched alkanes of at least 4 members (excludes halogenated alkanes) is 8. The zero-order chi connectivity index (χ0) is 14.3. The van der Waals surface area contributed by atoms with Crippen molar-refractivity contribution < 1.29 is 16.1 Å². The van der Waals surface area contributed by atoms with Crippen LogP contribution in [-0.2, 0) is 9.59 Å². The Bertz CT molecular complexity index is 247. The van der Waals surface area contributed by atoms with E-state index in [0.717, 1.165) is 25.7 Å². The predicted molar refractivity (Wildman–Crippen MR) is 72.5 cm³/mol. The minimum absolute atomic E-state index is 0.169. The van der Waals surface area contributed by atoms with E-state index in [9.17, 15) is 9.59 Å². The summed E-state index contributed by atoms with van der Waals surface area (Å²) in [6.45, 7) is 0.265. The highest BCUT2D eigenvalue weighted by atomic mass is 16.4. The molecule has 0 aliphatic rings. The van der Waals surface area contributed by atoms with Crippen molar-refractivity contribution in [1.82, 2.24) is 5.32 Å². The van der Waals surface area contributed by atoms with Crippen LogP contribution in [-0.4, -0.2) is 23.5 Å². The molecular weight excluding hydrogens is 230 g/mol. The summed E-state index contributed by atoms with van der Waals surface area (Å²) in [6, 6.07) is 0. The quantitative estimate of drug-likeness (QED) is 0.529. The van der Waals surface area contributed by atoms with Gasteiger partial charge in [0.15, 0.2) is 0 Å². The van der Waals surface area contributed by atoms with Gasteiger partial charge in [-0.05, 0) is 6.42 Å². The van der Waals surface area contributed by atoms with Crippen molar-refractivity contribution in [2.45, 2.75) is 71.1 Å². The van der Waals surface area contributed by atoms with Gasteiger partial charge in [-0.3, -0.25) is 9.59 Å². The molecule has 0 heterocycles. The second-order valence-corrected chi connectivity index (χ2v) is 4.60. The minimum Gasteiger partial charge on any atom is -0.480 e. The molecule has 1 amide bonds. The van der Waals surface area contributed by atoms with E-state index in [1.165, 1.54) is 32.1 Å². The fourth-order valence-corrected chi connectivity index (χ4v) is 1.79. The van der Waals surface area contributed by atoms with Gasteiger partial charge < -0.3 is 10.4 Å². The normalized spacial score (nSPS) is 11.0. The molecule has 0 aromatic heterocycles. The molecule has 2 N–H and O–H groups in total. The number of nitrogens with one attached hydrogen (secondary N) is 1. The Balaban J connectivity index is 3.13. The molecular formula is C14H27NO3. The molecule has 106 valence electrons. The number of carboxylic acids is 1. The van der Waals surface area contributed by atoms with Gasteiger partial charge in [0.2, 0.25) is 5.91 Å². The largest absolute Gasteiger partial charge is 0.480 e. The first-order valence-electron chi connectivity index (χ1n) is 7.65. The van der Waals surface area contributed by atoms with Gasteiger partial charge in [0.05, 0.1) is 0 Å². The van der Waals surface area contributed by atoms with Crippen LogP contribution in [0.3, 0.4) is 0 Å². The standard InChI is InChI=1S/C14H27NO3/c1-2-3-4-5-6-7-8-9-10-11-13(16)15-12-14(17)18/h2-12H2,1H3,(H,15,16)(H,17,18)/i1D. The van der Waals surface area contributed by atoms with Gasteiger partial charge in [0.1, 0.15) is 6.54 Å². The summed E-state index contributed by atoms with van der Waals surface area (Å²) in [7, 11) is 0. The molecule has 0 saturated heterocycles. The Morgan fingerprint density at radius 3 is 2.11 bits per heavy atom. The van der Waals surface area contributed by atoms with Crippen molar-refractivity contribution in [2.75, 3.05) is 6.54 Å². The number of amides is 1. The SMILES string of the molecule is [2H]CCCCCCCCCCCC(=O)NCC(=O)O. The van der Waals surface area contributed by atoms with Gasteiger partial charge in [-0.1, -0.05) is 58.3 Å². The molecule has 0 unspecified atom stereocenters.